The lowest BCUT2D eigenvalue weighted by Crippen LogP contribution is -2.44. The summed E-state index contributed by atoms with van der Waals surface area (Å²) in [6.45, 7) is 5.63. The molecule has 20 heavy (non-hydrogen) atoms. The number of halogens is 1. The molecule has 2 nitrogen and oxygen atoms in total. The van der Waals surface area contributed by atoms with Crippen molar-refractivity contribution in [2.45, 2.75) is 64.1 Å². The maximum absolute atomic E-state index is 6.35. The van der Waals surface area contributed by atoms with Crippen LogP contribution >= 0.6 is 15.9 Å². The van der Waals surface area contributed by atoms with Gasteiger partial charge in [-0.2, -0.15) is 0 Å². The van der Waals surface area contributed by atoms with Gasteiger partial charge in [0.25, 0.3) is 0 Å². The molecule has 1 aliphatic rings. The van der Waals surface area contributed by atoms with Crippen LogP contribution in [-0.2, 0) is 0 Å². The second-order valence-corrected chi connectivity index (χ2v) is 6.92. The van der Waals surface area contributed by atoms with Crippen LogP contribution in [0.1, 0.15) is 57.6 Å². The fraction of sp³-hybridized carbons (Fsp3) is 0.647. The first-order chi connectivity index (χ1) is 9.63. The summed E-state index contributed by atoms with van der Waals surface area (Å²) in [5.41, 5.74) is 7.70. The summed E-state index contributed by atoms with van der Waals surface area (Å²) in [4.78, 5) is 2.67. The summed E-state index contributed by atoms with van der Waals surface area (Å²) >= 11 is 3.52. The van der Waals surface area contributed by atoms with Gasteiger partial charge in [-0.1, -0.05) is 47.8 Å². The summed E-state index contributed by atoms with van der Waals surface area (Å²) in [6.07, 6.45) is 6.56. The van der Waals surface area contributed by atoms with Crippen LogP contribution in [0.3, 0.4) is 0 Å². The third-order valence-electron chi connectivity index (χ3n) is 4.46. The largest absolute Gasteiger partial charge is 0.326 e. The quantitative estimate of drug-likeness (QED) is 0.876. The molecule has 0 bridgehead atoms. The van der Waals surface area contributed by atoms with Crippen molar-refractivity contribution >= 4 is 15.9 Å². The summed E-state index contributed by atoms with van der Waals surface area (Å²) < 4.78 is 1.13. The van der Waals surface area contributed by atoms with E-state index in [0.717, 1.165) is 4.47 Å². The van der Waals surface area contributed by atoms with Gasteiger partial charge in [0.2, 0.25) is 0 Å². The van der Waals surface area contributed by atoms with Crippen molar-refractivity contribution in [3.8, 4) is 0 Å². The molecule has 3 atom stereocenters. The zero-order valence-corrected chi connectivity index (χ0v) is 14.3. The number of hydrogen-bond donors (Lipinski definition) is 1. The monoisotopic (exact) mass is 338 g/mol. The maximum Gasteiger partial charge on any atom is 0.0499 e. The molecule has 1 aromatic rings. The number of nitrogens with two attached hydrogens (primary N) is 1. The SMILES string of the molecule is CCC1CCCCCN1C(c1ccc(Br)cc1)C(C)N. The predicted molar refractivity (Wildman–Crippen MR) is 89.8 cm³/mol. The van der Waals surface area contributed by atoms with Crippen molar-refractivity contribution < 1.29 is 0 Å². The third kappa shape index (κ3) is 3.84. The highest BCUT2D eigenvalue weighted by molar-refractivity contribution is 9.10. The molecule has 3 heteroatoms. The van der Waals surface area contributed by atoms with Crippen LogP contribution < -0.4 is 5.73 Å². The Labute approximate surface area is 131 Å². The molecular formula is C17H27BrN2. The van der Waals surface area contributed by atoms with Crippen LogP contribution in [0.25, 0.3) is 0 Å². The Bertz CT molecular complexity index is 402. The average molecular weight is 339 g/mol. The molecule has 1 aliphatic heterocycles. The van der Waals surface area contributed by atoms with Crippen LogP contribution in [-0.4, -0.2) is 23.5 Å². The minimum Gasteiger partial charge on any atom is -0.326 e. The van der Waals surface area contributed by atoms with E-state index in [1.807, 2.05) is 0 Å². The first-order valence-electron chi connectivity index (χ1n) is 7.90. The lowest BCUT2D eigenvalue weighted by molar-refractivity contribution is 0.117. The van der Waals surface area contributed by atoms with E-state index in [9.17, 15) is 0 Å². The number of benzene rings is 1. The zero-order valence-electron chi connectivity index (χ0n) is 12.7. The van der Waals surface area contributed by atoms with Gasteiger partial charge in [-0.05, 0) is 50.4 Å². The van der Waals surface area contributed by atoms with E-state index in [0.29, 0.717) is 12.1 Å². The molecule has 2 rings (SSSR count). The minimum absolute atomic E-state index is 0.156. The van der Waals surface area contributed by atoms with E-state index in [-0.39, 0.29) is 6.04 Å². The highest BCUT2D eigenvalue weighted by atomic mass is 79.9. The molecule has 0 radical (unpaired) electrons. The van der Waals surface area contributed by atoms with Gasteiger partial charge in [-0.25, -0.2) is 0 Å². The smallest absolute Gasteiger partial charge is 0.0499 e. The second-order valence-electron chi connectivity index (χ2n) is 6.00. The molecule has 0 amide bonds. The Hall–Kier alpha value is -0.380. The number of likely N-dealkylation sites (tertiary alicyclic amines) is 1. The third-order valence-corrected chi connectivity index (χ3v) is 4.99. The topological polar surface area (TPSA) is 29.3 Å². The first-order valence-corrected chi connectivity index (χ1v) is 8.69. The van der Waals surface area contributed by atoms with Crippen LogP contribution in [0, 0.1) is 0 Å². The van der Waals surface area contributed by atoms with Gasteiger partial charge in [-0.3, -0.25) is 4.90 Å². The Balaban J connectivity index is 2.28. The van der Waals surface area contributed by atoms with Crippen molar-refractivity contribution in [2.24, 2.45) is 5.73 Å². The molecule has 0 aliphatic carbocycles. The Morgan fingerprint density at radius 3 is 2.55 bits per heavy atom. The Kier molecular flexibility index (Phi) is 6.06. The number of nitrogens with zero attached hydrogens (tertiary/aromatic N) is 1. The molecule has 112 valence electrons. The lowest BCUT2D eigenvalue weighted by Gasteiger charge is -2.39. The normalized spacial score (nSPS) is 24.1. The Morgan fingerprint density at radius 2 is 1.95 bits per heavy atom. The van der Waals surface area contributed by atoms with Crippen LogP contribution in [0.4, 0.5) is 0 Å². The van der Waals surface area contributed by atoms with Gasteiger partial charge >= 0.3 is 0 Å². The van der Waals surface area contributed by atoms with Crippen LogP contribution in [0.2, 0.25) is 0 Å². The van der Waals surface area contributed by atoms with E-state index < -0.39 is 0 Å². The van der Waals surface area contributed by atoms with Crippen molar-refractivity contribution in [3.63, 3.8) is 0 Å². The predicted octanol–water partition coefficient (Wildman–Crippen LogP) is 4.49. The van der Waals surface area contributed by atoms with Crippen molar-refractivity contribution in [1.29, 1.82) is 0 Å². The van der Waals surface area contributed by atoms with Gasteiger partial charge < -0.3 is 5.73 Å². The molecule has 1 aromatic carbocycles. The molecule has 1 saturated heterocycles. The molecular weight excluding hydrogens is 312 g/mol. The lowest BCUT2D eigenvalue weighted by atomic mass is 9.96. The summed E-state index contributed by atoms with van der Waals surface area (Å²) in [5.74, 6) is 0. The first kappa shape index (κ1) is 16.0. The van der Waals surface area contributed by atoms with Crippen molar-refractivity contribution in [1.82, 2.24) is 4.90 Å². The van der Waals surface area contributed by atoms with Gasteiger partial charge in [-0.15, -0.1) is 0 Å². The maximum atomic E-state index is 6.35. The number of hydrogen-bond acceptors (Lipinski definition) is 2. The van der Waals surface area contributed by atoms with Gasteiger partial charge in [0.05, 0.1) is 0 Å². The summed E-state index contributed by atoms with van der Waals surface area (Å²) in [7, 11) is 0. The van der Waals surface area contributed by atoms with Crippen LogP contribution in [0.15, 0.2) is 28.7 Å². The van der Waals surface area contributed by atoms with E-state index >= 15 is 0 Å². The van der Waals surface area contributed by atoms with Crippen molar-refractivity contribution in [3.05, 3.63) is 34.3 Å². The summed E-state index contributed by atoms with van der Waals surface area (Å²) in [5, 5.41) is 0. The van der Waals surface area contributed by atoms with Gasteiger partial charge in [0.15, 0.2) is 0 Å². The molecule has 2 N–H and O–H groups in total. The van der Waals surface area contributed by atoms with E-state index in [1.54, 1.807) is 0 Å². The van der Waals surface area contributed by atoms with Gasteiger partial charge in [0.1, 0.15) is 0 Å². The molecule has 0 saturated carbocycles. The molecule has 0 aromatic heterocycles. The Morgan fingerprint density at radius 1 is 1.25 bits per heavy atom. The van der Waals surface area contributed by atoms with E-state index in [4.69, 9.17) is 5.73 Å². The van der Waals surface area contributed by atoms with E-state index in [2.05, 4.69) is 58.9 Å². The second kappa shape index (κ2) is 7.58. The van der Waals surface area contributed by atoms with E-state index in [1.165, 1.54) is 44.2 Å². The minimum atomic E-state index is 0.156. The summed E-state index contributed by atoms with van der Waals surface area (Å²) in [6, 6.07) is 9.87. The molecule has 3 unspecified atom stereocenters. The molecule has 1 fully saturated rings. The number of rotatable bonds is 4. The van der Waals surface area contributed by atoms with Crippen LogP contribution in [0.5, 0.6) is 0 Å². The van der Waals surface area contributed by atoms with Gasteiger partial charge in [0, 0.05) is 22.6 Å². The highest BCUT2D eigenvalue weighted by Crippen LogP contribution is 2.31. The fourth-order valence-corrected chi connectivity index (χ4v) is 3.73. The van der Waals surface area contributed by atoms with Crippen molar-refractivity contribution in [2.75, 3.05) is 6.54 Å². The zero-order chi connectivity index (χ0) is 14.5. The average Bonchev–Trinajstić information content (AvgIpc) is 2.66. The fourth-order valence-electron chi connectivity index (χ4n) is 3.46. The molecule has 1 heterocycles. The highest BCUT2D eigenvalue weighted by Gasteiger charge is 2.30. The standard InChI is InChI=1S/C17H27BrN2/c1-3-16-7-5-4-6-12-20(16)17(13(2)19)14-8-10-15(18)11-9-14/h8-11,13,16-17H,3-7,12,19H2,1-2H3. The molecule has 0 spiro atoms.